The molecule has 0 aliphatic carbocycles. The lowest BCUT2D eigenvalue weighted by Crippen LogP contribution is -1.92. The third-order valence-electron chi connectivity index (χ3n) is 1.95. The molecule has 3 nitrogen and oxygen atoms in total. The fraction of sp³-hybridized carbons (Fsp3) is 0.0909. The van der Waals surface area contributed by atoms with Crippen molar-refractivity contribution < 1.29 is 9.53 Å². The Morgan fingerprint density at radius 2 is 2.29 bits per heavy atom. The Hall–Kier alpha value is -2.26. The third-order valence-corrected chi connectivity index (χ3v) is 1.95. The molecule has 1 heterocycles. The number of benzene rings is 1. The van der Waals surface area contributed by atoms with Crippen molar-refractivity contribution in [3.8, 4) is 17.9 Å². The van der Waals surface area contributed by atoms with E-state index < -0.39 is 0 Å². The van der Waals surface area contributed by atoms with Crippen molar-refractivity contribution in [2.24, 2.45) is 0 Å². The van der Waals surface area contributed by atoms with Crippen LogP contribution in [0.2, 0.25) is 0 Å². The molecule has 2 rings (SSSR count). The lowest BCUT2D eigenvalue weighted by Gasteiger charge is -1.93. The molecule has 0 saturated heterocycles. The fourth-order valence-electron chi connectivity index (χ4n) is 1.31. The lowest BCUT2D eigenvalue weighted by molar-refractivity contribution is 0.0535. The molecule has 0 saturated carbocycles. The zero-order valence-electron chi connectivity index (χ0n) is 7.20. The minimum absolute atomic E-state index is 0.292. The largest absolute Gasteiger partial charge is 0.457 e. The molecule has 0 fully saturated rings. The van der Waals surface area contributed by atoms with Crippen molar-refractivity contribution in [3.05, 3.63) is 34.9 Å². The van der Waals surface area contributed by atoms with Crippen LogP contribution < -0.4 is 0 Å². The number of hydrogen-bond acceptors (Lipinski definition) is 3. The summed E-state index contributed by atoms with van der Waals surface area (Å²) < 4.78 is 4.83. The number of carbonyl (C=O) groups is 1. The van der Waals surface area contributed by atoms with Gasteiger partial charge in [0.05, 0.1) is 5.56 Å². The summed E-state index contributed by atoms with van der Waals surface area (Å²) in [5, 5.41) is 8.26. The first-order valence-corrected chi connectivity index (χ1v) is 4.01. The number of hydrogen-bond donors (Lipinski definition) is 0. The molecular formula is C11H5NO2. The Labute approximate surface area is 80.9 Å². The molecule has 1 aliphatic heterocycles. The Bertz CT molecular complexity index is 500. The highest BCUT2D eigenvalue weighted by Gasteiger charge is 2.20. The smallest absolute Gasteiger partial charge is 0.338 e. The van der Waals surface area contributed by atoms with Crippen LogP contribution in [0.1, 0.15) is 21.5 Å². The van der Waals surface area contributed by atoms with Gasteiger partial charge in [-0.05, 0) is 18.2 Å². The summed E-state index contributed by atoms with van der Waals surface area (Å²) in [5.41, 5.74) is 2.15. The SMILES string of the molecule is N#CC#Cc1ccc2c(c1)COC2=O. The number of carbonyl (C=O) groups excluding carboxylic acids is 1. The highest BCUT2D eigenvalue weighted by Crippen LogP contribution is 2.20. The maximum Gasteiger partial charge on any atom is 0.338 e. The van der Waals surface area contributed by atoms with Gasteiger partial charge in [-0.1, -0.05) is 5.92 Å². The molecular weight excluding hydrogens is 178 g/mol. The molecule has 1 aromatic carbocycles. The number of nitriles is 1. The van der Waals surface area contributed by atoms with Crippen molar-refractivity contribution >= 4 is 5.97 Å². The first kappa shape index (κ1) is 8.34. The first-order valence-electron chi connectivity index (χ1n) is 4.01. The van der Waals surface area contributed by atoms with E-state index in [0.29, 0.717) is 12.2 Å². The van der Waals surface area contributed by atoms with Crippen molar-refractivity contribution in [2.45, 2.75) is 6.61 Å². The number of ether oxygens (including phenoxy) is 1. The van der Waals surface area contributed by atoms with Crippen molar-refractivity contribution in [1.29, 1.82) is 5.26 Å². The maximum absolute atomic E-state index is 11.1. The summed E-state index contributed by atoms with van der Waals surface area (Å²) in [6, 6.07) is 6.88. The molecule has 1 aromatic rings. The standard InChI is InChI=1S/C11H5NO2/c12-5-1-2-8-3-4-10-9(6-8)7-14-11(10)13/h3-4,6H,7H2. The predicted octanol–water partition coefficient (Wildman–Crippen LogP) is 1.23. The van der Waals surface area contributed by atoms with E-state index in [9.17, 15) is 4.79 Å². The second kappa shape index (κ2) is 3.24. The van der Waals surface area contributed by atoms with E-state index in [-0.39, 0.29) is 5.97 Å². The highest BCUT2D eigenvalue weighted by molar-refractivity contribution is 5.93. The number of fused-ring (bicyclic) bond motifs is 1. The summed E-state index contributed by atoms with van der Waals surface area (Å²) in [6.07, 6.45) is 0. The van der Waals surface area contributed by atoms with E-state index in [0.717, 1.165) is 11.1 Å². The van der Waals surface area contributed by atoms with E-state index in [1.807, 2.05) is 0 Å². The van der Waals surface area contributed by atoms with Crippen molar-refractivity contribution in [1.82, 2.24) is 0 Å². The number of esters is 1. The lowest BCUT2D eigenvalue weighted by atomic mass is 10.1. The minimum atomic E-state index is -0.292. The molecule has 66 valence electrons. The number of rotatable bonds is 0. The van der Waals surface area contributed by atoms with E-state index in [2.05, 4.69) is 11.8 Å². The summed E-state index contributed by atoms with van der Waals surface area (Å²) >= 11 is 0. The quantitative estimate of drug-likeness (QED) is 0.449. The zero-order chi connectivity index (χ0) is 9.97. The Morgan fingerprint density at radius 3 is 3.07 bits per heavy atom. The zero-order valence-corrected chi connectivity index (χ0v) is 7.20. The van der Waals surface area contributed by atoms with Gasteiger partial charge in [-0.25, -0.2) is 4.79 Å². The summed E-state index contributed by atoms with van der Waals surface area (Å²) in [7, 11) is 0. The van der Waals surface area contributed by atoms with Crippen LogP contribution in [0.15, 0.2) is 18.2 Å². The van der Waals surface area contributed by atoms with Crippen LogP contribution >= 0.6 is 0 Å². The van der Waals surface area contributed by atoms with Gasteiger partial charge in [0, 0.05) is 17.0 Å². The monoisotopic (exact) mass is 183 g/mol. The second-order valence-corrected chi connectivity index (χ2v) is 2.81. The van der Waals surface area contributed by atoms with E-state index >= 15 is 0 Å². The van der Waals surface area contributed by atoms with Crippen LogP contribution in [0.3, 0.4) is 0 Å². The molecule has 0 spiro atoms. The molecule has 0 bridgehead atoms. The number of nitrogens with zero attached hydrogens (tertiary/aromatic N) is 1. The molecule has 0 radical (unpaired) electrons. The van der Waals surface area contributed by atoms with Crippen LogP contribution in [0.5, 0.6) is 0 Å². The normalized spacial score (nSPS) is 12.1. The van der Waals surface area contributed by atoms with Crippen LogP contribution in [0, 0.1) is 23.2 Å². The molecule has 14 heavy (non-hydrogen) atoms. The second-order valence-electron chi connectivity index (χ2n) is 2.81. The van der Waals surface area contributed by atoms with E-state index in [1.165, 1.54) is 0 Å². The fourth-order valence-corrected chi connectivity index (χ4v) is 1.31. The first-order chi connectivity index (χ1) is 6.81. The van der Waals surface area contributed by atoms with Gasteiger partial charge in [0.15, 0.2) is 6.07 Å². The van der Waals surface area contributed by atoms with Gasteiger partial charge >= 0.3 is 5.97 Å². The topological polar surface area (TPSA) is 50.1 Å². The van der Waals surface area contributed by atoms with Crippen LogP contribution in [0.4, 0.5) is 0 Å². The van der Waals surface area contributed by atoms with Gasteiger partial charge in [0.1, 0.15) is 6.61 Å². The Balaban J connectivity index is 2.43. The Kier molecular flexibility index (Phi) is 1.93. The van der Waals surface area contributed by atoms with Crippen molar-refractivity contribution in [3.63, 3.8) is 0 Å². The molecule has 0 amide bonds. The summed E-state index contributed by atoms with van der Waals surface area (Å²) in [5.74, 6) is 4.67. The average molecular weight is 183 g/mol. The van der Waals surface area contributed by atoms with Gasteiger partial charge in [-0.2, -0.15) is 5.26 Å². The van der Waals surface area contributed by atoms with E-state index in [1.54, 1.807) is 24.3 Å². The molecule has 3 heteroatoms. The molecule has 1 aliphatic rings. The predicted molar refractivity (Wildman–Crippen MR) is 48.1 cm³/mol. The Morgan fingerprint density at radius 1 is 1.43 bits per heavy atom. The molecule has 0 atom stereocenters. The van der Waals surface area contributed by atoms with Gasteiger partial charge in [0.25, 0.3) is 0 Å². The minimum Gasteiger partial charge on any atom is -0.457 e. The van der Waals surface area contributed by atoms with Gasteiger partial charge in [0.2, 0.25) is 0 Å². The summed E-state index contributed by atoms with van der Waals surface area (Å²) in [6.45, 7) is 0.302. The number of cyclic esters (lactones) is 1. The van der Waals surface area contributed by atoms with Crippen LogP contribution in [0.25, 0.3) is 0 Å². The van der Waals surface area contributed by atoms with Gasteiger partial charge < -0.3 is 4.74 Å². The molecule has 0 N–H and O–H groups in total. The van der Waals surface area contributed by atoms with Crippen LogP contribution in [-0.4, -0.2) is 5.97 Å². The highest BCUT2D eigenvalue weighted by atomic mass is 16.5. The van der Waals surface area contributed by atoms with Gasteiger partial charge in [-0.3, -0.25) is 0 Å². The van der Waals surface area contributed by atoms with Crippen LogP contribution in [-0.2, 0) is 11.3 Å². The van der Waals surface area contributed by atoms with Gasteiger partial charge in [-0.15, -0.1) is 0 Å². The third kappa shape index (κ3) is 1.32. The van der Waals surface area contributed by atoms with Crippen molar-refractivity contribution in [2.75, 3.05) is 0 Å². The molecule has 0 aromatic heterocycles. The average Bonchev–Trinajstić information content (AvgIpc) is 2.57. The van der Waals surface area contributed by atoms with E-state index in [4.69, 9.17) is 10.00 Å². The maximum atomic E-state index is 11.1. The summed E-state index contributed by atoms with van der Waals surface area (Å²) in [4.78, 5) is 11.1. The molecule has 0 unspecified atom stereocenters.